The molecule has 19 nitrogen and oxygen atoms in total. The van der Waals surface area contributed by atoms with Gasteiger partial charge in [-0.15, -0.1) is 0 Å². The molecule has 0 aromatic carbocycles. The topological polar surface area (TPSA) is 360 Å². The highest BCUT2D eigenvalue weighted by molar-refractivity contribution is 5.94. The van der Waals surface area contributed by atoms with Gasteiger partial charge < -0.3 is 60.6 Å². The highest BCUT2D eigenvalue weighted by Gasteiger charge is 2.30. The average Bonchev–Trinajstić information content (AvgIpc) is 2.87. The Kier molecular flexibility index (Phi) is 17.2. The SMILES string of the molecule is NC(=O)CCC(NC(=O)C(CCC(=O)O)NC(=O)C(CCCN=C(N)N)NC(=O)C(N)CCCN=C(N)N)C(=O)O. The van der Waals surface area contributed by atoms with Crippen molar-refractivity contribution >= 4 is 47.5 Å². The molecule has 4 atom stereocenters. The first kappa shape index (κ1) is 36.3. The van der Waals surface area contributed by atoms with Gasteiger partial charge in [-0.1, -0.05) is 0 Å². The number of rotatable bonds is 21. The van der Waals surface area contributed by atoms with Crippen LogP contribution >= 0.6 is 0 Å². The fourth-order valence-corrected chi connectivity index (χ4v) is 3.33. The van der Waals surface area contributed by atoms with E-state index >= 15 is 0 Å². The summed E-state index contributed by atoms with van der Waals surface area (Å²) < 4.78 is 0. The van der Waals surface area contributed by atoms with E-state index in [1.807, 2.05) is 0 Å². The molecule has 0 aliphatic heterocycles. The van der Waals surface area contributed by atoms with Crippen molar-refractivity contribution in [1.82, 2.24) is 16.0 Å². The molecule has 0 bridgehead atoms. The number of hydrogen-bond acceptors (Lipinski definition) is 9. The van der Waals surface area contributed by atoms with Crippen LogP contribution in [0.15, 0.2) is 9.98 Å². The van der Waals surface area contributed by atoms with E-state index in [2.05, 4.69) is 25.9 Å². The number of aliphatic carboxylic acids is 2. The number of hydrogen-bond donors (Lipinski definition) is 11. The zero-order chi connectivity index (χ0) is 31.5. The number of nitrogens with two attached hydrogens (primary N) is 6. The van der Waals surface area contributed by atoms with E-state index in [-0.39, 0.29) is 57.1 Å². The van der Waals surface area contributed by atoms with Crippen LogP contribution in [0, 0.1) is 0 Å². The Morgan fingerprint density at radius 3 is 1.51 bits per heavy atom. The van der Waals surface area contributed by atoms with E-state index in [4.69, 9.17) is 39.5 Å². The first-order chi connectivity index (χ1) is 19.1. The van der Waals surface area contributed by atoms with E-state index in [0.717, 1.165) is 0 Å². The molecule has 0 saturated heterocycles. The van der Waals surface area contributed by atoms with Gasteiger partial charge in [0.25, 0.3) is 0 Å². The Morgan fingerprint density at radius 1 is 0.610 bits per heavy atom. The number of carbonyl (C=O) groups is 6. The Morgan fingerprint density at radius 2 is 1.05 bits per heavy atom. The van der Waals surface area contributed by atoms with E-state index in [1.165, 1.54) is 0 Å². The summed E-state index contributed by atoms with van der Waals surface area (Å²) in [5, 5.41) is 25.4. The number of carboxylic acids is 2. The predicted octanol–water partition coefficient (Wildman–Crippen LogP) is -4.91. The van der Waals surface area contributed by atoms with E-state index in [0.29, 0.717) is 6.42 Å². The van der Waals surface area contributed by atoms with E-state index in [9.17, 15) is 33.9 Å². The van der Waals surface area contributed by atoms with Gasteiger partial charge in [0.2, 0.25) is 23.6 Å². The lowest BCUT2D eigenvalue weighted by molar-refractivity contribution is -0.143. The maximum atomic E-state index is 13.2. The van der Waals surface area contributed by atoms with Crippen LogP contribution in [-0.2, 0) is 28.8 Å². The number of amides is 4. The van der Waals surface area contributed by atoms with Gasteiger partial charge in [-0.25, -0.2) is 4.79 Å². The lowest BCUT2D eigenvalue weighted by Crippen LogP contribution is -2.57. The van der Waals surface area contributed by atoms with Crippen LogP contribution in [0.5, 0.6) is 0 Å². The molecule has 0 aliphatic carbocycles. The molecule has 17 N–H and O–H groups in total. The summed E-state index contributed by atoms with van der Waals surface area (Å²) in [6.07, 6.45) is -0.884. The van der Waals surface area contributed by atoms with Crippen molar-refractivity contribution in [3.63, 3.8) is 0 Å². The van der Waals surface area contributed by atoms with Gasteiger partial charge >= 0.3 is 11.9 Å². The summed E-state index contributed by atoms with van der Waals surface area (Å²) in [6, 6.07) is -5.32. The number of aliphatic imine (C=N–C) groups is 2. The summed E-state index contributed by atoms with van der Waals surface area (Å²) in [5.74, 6) is -6.44. The van der Waals surface area contributed by atoms with Crippen LogP contribution < -0.4 is 50.4 Å². The van der Waals surface area contributed by atoms with Crippen LogP contribution in [0.1, 0.15) is 51.4 Å². The van der Waals surface area contributed by atoms with Gasteiger partial charge in [0.15, 0.2) is 11.9 Å². The van der Waals surface area contributed by atoms with Crippen molar-refractivity contribution in [2.75, 3.05) is 13.1 Å². The van der Waals surface area contributed by atoms with Crippen LogP contribution in [0.4, 0.5) is 0 Å². The highest BCUT2D eigenvalue weighted by atomic mass is 16.4. The van der Waals surface area contributed by atoms with Crippen molar-refractivity contribution in [2.45, 2.75) is 75.5 Å². The Hall–Kier alpha value is -4.68. The minimum atomic E-state index is -1.54. The third kappa shape index (κ3) is 17.5. The van der Waals surface area contributed by atoms with Crippen molar-refractivity contribution < 1.29 is 39.0 Å². The van der Waals surface area contributed by atoms with Crippen molar-refractivity contribution in [3.8, 4) is 0 Å². The minimum absolute atomic E-state index is 0.00128. The number of carbonyl (C=O) groups excluding carboxylic acids is 4. The number of nitrogens with one attached hydrogen (secondary N) is 3. The molecule has 0 aliphatic rings. The van der Waals surface area contributed by atoms with Crippen molar-refractivity contribution in [2.24, 2.45) is 44.4 Å². The van der Waals surface area contributed by atoms with Crippen molar-refractivity contribution in [3.05, 3.63) is 0 Å². The predicted molar refractivity (Wildman–Crippen MR) is 147 cm³/mol. The lowest BCUT2D eigenvalue weighted by atomic mass is 10.1. The zero-order valence-electron chi connectivity index (χ0n) is 22.6. The van der Waals surface area contributed by atoms with Gasteiger partial charge in [-0.3, -0.25) is 34.0 Å². The van der Waals surface area contributed by atoms with Crippen molar-refractivity contribution in [1.29, 1.82) is 0 Å². The highest BCUT2D eigenvalue weighted by Crippen LogP contribution is 2.06. The molecule has 0 spiro atoms. The standard InChI is InChI=1S/C22H41N11O8/c23-11(3-1-9-29-21(25)26)17(37)31-12(4-2-10-30-22(27)28)18(38)32-13(6-8-16(35)36)19(39)33-14(20(40)41)5-7-15(24)34/h11-14H,1-10,23H2,(H2,24,34)(H,31,37)(H,32,38)(H,33,39)(H,35,36)(H,40,41)(H4,25,26,29)(H4,27,28,30). The molecular weight excluding hydrogens is 546 g/mol. The van der Waals surface area contributed by atoms with Gasteiger partial charge in [-0.05, 0) is 38.5 Å². The number of primary amides is 1. The monoisotopic (exact) mass is 587 g/mol. The molecule has 0 radical (unpaired) electrons. The number of nitrogens with zero attached hydrogens (tertiary/aromatic N) is 2. The van der Waals surface area contributed by atoms with E-state index < -0.39 is 72.6 Å². The second kappa shape index (κ2) is 19.4. The second-order valence-corrected chi connectivity index (χ2v) is 8.96. The van der Waals surface area contributed by atoms with Gasteiger partial charge in [0, 0.05) is 25.9 Å². The summed E-state index contributed by atoms with van der Waals surface area (Å²) >= 11 is 0. The molecule has 0 saturated carbocycles. The fraction of sp³-hybridized carbons (Fsp3) is 0.636. The first-order valence-electron chi connectivity index (χ1n) is 12.6. The third-order valence-corrected chi connectivity index (χ3v) is 5.46. The summed E-state index contributed by atoms with van der Waals surface area (Å²) in [7, 11) is 0. The molecule has 41 heavy (non-hydrogen) atoms. The smallest absolute Gasteiger partial charge is 0.326 e. The van der Waals surface area contributed by atoms with Crippen LogP contribution in [0.25, 0.3) is 0 Å². The molecule has 4 unspecified atom stereocenters. The third-order valence-electron chi connectivity index (χ3n) is 5.46. The molecule has 0 heterocycles. The summed E-state index contributed by atoms with van der Waals surface area (Å²) in [5.41, 5.74) is 32.1. The van der Waals surface area contributed by atoms with Crippen LogP contribution in [0.3, 0.4) is 0 Å². The zero-order valence-corrected chi connectivity index (χ0v) is 22.6. The maximum absolute atomic E-state index is 13.2. The number of carboxylic acid groups (broad SMARTS) is 2. The van der Waals surface area contributed by atoms with Gasteiger partial charge in [0.05, 0.1) is 6.04 Å². The number of guanidine groups is 2. The van der Waals surface area contributed by atoms with Gasteiger partial charge in [0.1, 0.15) is 18.1 Å². The molecule has 0 aromatic rings. The van der Waals surface area contributed by atoms with Crippen LogP contribution in [-0.4, -0.2) is 95.0 Å². The Bertz CT molecular complexity index is 981. The largest absolute Gasteiger partial charge is 0.481 e. The normalized spacial score (nSPS) is 13.4. The van der Waals surface area contributed by atoms with E-state index in [1.54, 1.807) is 0 Å². The average molecular weight is 588 g/mol. The molecule has 0 rings (SSSR count). The van der Waals surface area contributed by atoms with Gasteiger partial charge in [-0.2, -0.15) is 0 Å². The Balaban J connectivity index is 5.68. The Labute approximate surface area is 235 Å². The molecular formula is C22H41N11O8. The molecule has 4 amide bonds. The molecule has 0 fully saturated rings. The molecule has 19 heteroatoms. The molecule has 0 aromatic heterocycles. The second-order valence-electron chi connectivity index (χ2n) is 8.96. The quantitative estimate of drug-likeness (QED) is 0.0341. The summed E-state index contributed by atoms with van der Waals surface area (Å²) in [6.45, 7) is 0.332. The lowest BCUT2D eigenvalue weighted by Gasteiger charge is -2.25. The molecule has 232 valence electrons. The maximum Gasteiger partial charge on any atom is 0.326 e. The summed E-state index contributed by atoms with van der Waals surface area (Å²) in [4.78, 5) is 80.0. The first-order valence-corrected chi connectivity index (χ1v) is 12.6. The van der Waals surface area contributed by atoms with Crippen LogP contribution in [0.2, 0.25) is 0 Å². The minimum Gasteiger partial charge on any atom is -0.481 e. The fourth-order valence-electron chi connectivity index (χ4n) is 3.33.